The third-order valence-corrected chi connectivity index (χ3v) is 1.77. The molecule has 0 N–H and O–H groups in total. The van der Waals surface area contributed by atoms with Crippen molar-refractivity contribution in [1.82, 2.24) is 0 Å². The maximum absolute atomic E-state index is 10.3. The third kappa shape index (κ3) is 62.6. The first-order valence-corrected chi connectivity index (χ1v) is 6.52. The van der Waals surface area contributed by atoms with E-state index in [9.17, 15) is 4.79 Å². The van der Waals surface area contributed by atoms with Crippen LogP contribution >= 0.6 is 0 Å². The van der Waals surface area contributed by atoms with E-state index in [1.807, 2.05) is 20.8 Å². The molecule has 0 saturated carbocycles. The quantitative estimate of drug-likeness (QED) is 0.496. The van der Waals surface area contributed by atoms with Crippen LogP contribution in [0, 0.1) is 10.8 Å². The number of hydrogen-bond donors (Lipinski definition) is 0. The first-order chi connectivity index (χ1) is 8.21. The molecule has 0 bridgehead atoms. The topological polar surface area (TPSA) is 66.4 Å². The summed E-state index contributed by atoms with van der Waals surface area (Å²) in [7, 11) is 0. The number of aliphatic carboxylic acids is 1. The second kappa shape index (κ2) is 14.5. The Hall–Kier alpha value is 0.576. The molecule has 0 fully saturated rings. The monoisotopic (exact) mass is 314 g/mol. The van der Waals surface area contributed by atoms with Gasteiger partial charge in [-0.2, -0.15) is 0 Å². The van der Waals surface area contributed by atoms with Crippen LogP contribution in [0.4, 0.5) is 0 Å². The van der Waals surface area contributed by atoms with Gasteiger partial charge in [-0.25, -0.2) is 0 Å². The molecule has 0 rings (SSSR count). The van der Waals surface area contributed by atoms with Gasteiger partial charge in [-0.05, 0) is 17.8 Å². The number of hydrogen-bond acceptors (Lipinski definition) is 4. The van der Waals surface area contributed by atoms with E-state index in [1.54, 1.807) is 0 Å². The zero-order valence-corrected chi connectivity index (χ0v) is 18.2. The summed E-state index contributed by atoms with van der Waals surface area (Å²) < 4.78 is 4.77. The molecule has 0 atom stereocenters. The molecule has 0 amide bonds. The van der Waals surface area contributed by atoms with E-state index in [1.165, 1.54) is 13.3 Å². The van der Waals surface area contributed by atoms with Crippen molar-refractivity contribution in [3.63, 3.8) is 0 Å². The minimum Gasteiger partial charge on any atom is -0.550 e. The summed E-state index contributed by atoms with van der Waals surface area (Å²) in [6.07, 6.45) is 1.27. The van der Waals surface area contributed by atoms with Crippen LogP contribution in [-0.2, 0) is 14.3 Å². The molecule has 0 aliphatic carbocycles. The van der Waals surface area contributed by atoms with E-state index >= 15 is 0 Å². The second-order valence-corrected chi connectivity index (χ2v) is 6.75. The maximum atomic E-state index is 10.3. The fraction of sp³-hybridized carbons (Fsp3) is 0.867. The number of esters is 1. The van der Waals surface area contributed by atoms with Gasteiger partial charge in [0.2, 0.25) is 0 Å². The van der Waals surface area contributed by atoms with Crippen LogP contribution in [0.1, 0.15) is 68.7 Å². The van der Waals surface area contributed by atoms with Gasteiger partial charge in [-0.3, -0.25) is 4.79 Å². The van der Waals surface area contributed by atoms with Crippen molar-refractivity contribution in [2.75, 3.05) is 6.61 Å². The third-order valence-electron chi connectivity index (χ3n) is 1.77. The Morgan fingerprint density at radius 1 is 0.950 bits per heavy atom. The van der Waals surface area contributed by atoms with Crippen LogP contribution in [0.25, 0.3) is 0 Å². The molecule has 0 unspecified atom stereocenters. The second-order valence-electron chi connectivity index (χ2n) is 6.75. The fourth-order valence-corrected chi connectivity index (χ4v) is 0.318. The number of ether oxygens (including phenoxy) is 1. The summed E-state index contributed by atoms with van der Waals surface area (Å²) in [6.45, 7) is 17.9. The predicted molar refractivity (Wildman–Crippen MR) is 76.5 cm³/mol. The molecule has 0 aromatic carbocycles. The molecule has 5 heteroatoms. The van der Waals surface area contributed by atoms with Crippen LogP contribution in [-0.4, -0.2) is 18.5 Å². The van der Waals surface area contributed by atoms with Crippen molar-refractivity contribution in [2.24, 2.45) is 10.8 Å². The molecule has 0 radical (unpaired) electrons. The Kier molecular flexibility index (Phi) is 20.8. The molecule has 20 heavy (non-hydrogen) atoms. The summed E-state index contributed by atoms with van der Waals surface area (Å²) in [5.41, 5.74) is 0.631. The normalized spacial score (nSPS) is 9.85. The number of rotatable bonds is 1. The van der Waals surface area contributed by atoms with Crippen LogP contribution < -0.4 is 56.5 Å². The Morgan fingerprint density at radius 3 is 1.25 bits per heavy atom. The van der Waals surface area contributed by atoms with E-state index < -0.39 is 5.97 Å². The van der Waals surface area contributed by atoms with Gasteiger partial charge >= 0.3 is 57.4 Å². The fourth-order valence-electron chi connectivity index (χ4n) is 0.318. The first-order valence-electron chi connectivity index (χ1n) is 6.52. The van der Waals surface area contributed by atoms with Crippen molar-refractivity contribution in [3.05, 3.63) is 0 Å². The Labute approximate surface area is 167 Å². The molecular formula is C15H31KO4. The van der Waals surface area contributed by atoms with E-state index in [2.05, 4.69) is 27.7 Å². The smallest absolute Gasteiger partial charge is 0.550 e. The zero-order valence-electron chi connectivity index (χ0n) is 15.0. The number of carboxylic acid groups (broad SMARTS) is 1. The minimum absolute atomic E-state index is 0. The van der Waals surface area contributed by atoms with Crippen molar-refractivity contribution < 1.29 is 70.8 Å². The van der Waals surface area contributed by atoms with Gasteiger partial charge in [-0.15, -0.1) is 0 Å². The average molecular weight is 315 g/mol. The molecule has 0 aromatic heterocycles. The number of carboxylic acids is 1. The summed E-state index contributed by atoms with van der Waals surface area (Å²) >= 11 is 0. The van der Waals surface area contributed by atoms with E-state index in [4.69, 9.17) is 14.6 Å². The zero-order chi connectivity index (χ0) is 16.3. The molecule has 0 spiro atoms. The largest absolute Gasteiger partial charge is 1.00 e. The van der Waals surface area contributed by atoms with Gasteiger partial charge in [0.1, 0.15) is 0 Å². The molecule has 0 heterocycles. The van der Waals surface area contributed by atoms with Crippen LogP contribution in [0.5, 0.6) is 0 Å². The van der Waals surface area contributed by atoms with Crippen molar-refractivity contribution in [2.45, 2.75) is 68.7 Å². The molecule has 0 aromatic rings. The molecular weight excluding hydrogens is 283 g/mol. The summed E-state index contributed by atoms with van der Waals surface area (Å²) in [5.74, 6) is -1.29. The van der Waals surface area contributed by atoms with Crippen molar-refractivity contribution >= 4 is 11.9 Å². The van der Waals surface area contributed by atoms with Crippen LogP contribution in [0.15, 0.2) is 0 Å². The maximum Gasteiger partial charge on any atom is 1.00 e. The van der Waals surface area contributed by atoms with E-state index in [0.717, 1.165) is 6.92 Å². The number of carbonyl (C=O) groups excluding carboxylic acids is 2. The summed E-state index contributed by atoms with van der Waals surface area (Å²) in [5, 5.41) is 8.89. The molecule has 0 saturated heterocycles. The van der Waals surface area contributed by atoms with Gasteiger partial charge in [0.25, 0.3) is 0 Å². The molecule has 0 aliphatic heterocycles. The molecule has 116 valence electrons. The van der Waals surface area contributed by atoms with Crippen molar-refractivity contribution in [1.29, 1.82) is 0 Å². The van der Waals surface area contributed by atoms with E-state index in [-0.39, 0.29) is 62.8 Å². The summed E-state index contributed by atoms with van der Waals surface area (Å²) in [4.78, 5) is 19.2. The standard InChI is InChI=1S/C7H14O2.C6H14.C2H4O2.K/c1-6(8)9-5-7(2,3)4;1-5-6(2,3)4;1-2(3)4;/h5H2,1-4H3;5H2,1-4H3;1H3,(H,3,4);/q;;;+1/p-1. The molecule has 0 aliphatic rings. The Bertz CT molecular complexity index is 246. The first kappa shape index (κ1) is 28.7. The molecule has 4 nitrogen and oxygen atoms in total. The van der Waals surface area contributed by atoms with Gasteiger partial charge in [-0.1, -0.05) is 54.9 Å². The van der Waals surface area contributed by atoms with Gasteiger partial charge in [0, 0.05) is 12.9 Å². The minimum atomic E-state index is -1.08. The van der Waals surface area contributed by atoms with Crippen LogP contribution in [0.3, 0.4) is 0 Å². The SMILES string of the molecule is CC(=O)OCC(C)(C)C.CC(=O)[O-].CCC(C)(C)C.[K+]. The predicted octanol–water partition coefficient (Wildman–Crippen LogP) is -0.202. The van der Waals surface area contributed by atoms with E-state index in [0.29, 0.717) is 12.0 Å². The van der Waals surface area contributed by atoms with Gasteiger partial charge in [0.05, 0.1) is 6.61 Å². The van der Waals surface area contributed by atoms with Gasteiger partial charge in [0.15, 0.2) is 0 Å². The van der Waals surface area contributed by atoms with Gasteiger partial charge < -0.3 is 14.6 Å². The Balaban J connectivity index is -0.000000102. The summed E-state index contributed by atoms with van der Waals surface area (Å²) in [6, 6.07) is 0. The van der Waals surface area contributed by atoms with Crippen molar-refractivity contribution in [3.8, 4) is 0 Å². The number of carbonyl (C=O) groups is 2. The van der Waals surface area contributed by atoms with Crippen LogP contribution in [0.2, 0.25) is 0 Å². The average Bonchev–Trinajstić information content (AvgIpc) is 2.13. The Morgan fingerprint density at radius 2 is 1.20 bits per heavy atom.